The summed E-state index contributed by atoms with van der Waals surface area (Å²) in [6, 6.07) is 7.48. The van der Waals surface area contributed by atoms with Crippen LogP contribution in [-0.2, 0) is 0 Å². The molecule has 0 bridgehead atoms. The van der Waals surface area contributed by atoms with Crippen LogP contribution in [0.5, 0.6) is 0 Å². The molecule has 0 fully saturated rings. The molecular weight excluding hydrogens is 288 g/mol. The first-order chi connectivity index (χ1) is 9.44. The number of aliphatic hydroxyl groups is 1. The van der Waals surface area contributed by atoms with E-state index in [4.69, 9.17) is 0 Å². The minimum absolute atomic E-state index is 0.0280. The second kappa shape index (κ2) is 6.19. The maximum atomic E-state index is 12.0. The molecule has 2 rings (SSSR count). The lowest BCUT2D eigenvalue weighted by atomic mass is 10.1. The summed E-state index contributed by atoms with van der Waals surface area (Å²) in [7, 11) is 0. The van der Waals surface area contributed by atoms with E-state index < -0.39 is 5.60 Å². The lowest BCUT2D eigenvalue weighted by Crippen LogP contribution is -2.14. The third-order valence-electron chi connectivity index (χ3n) is 2.28. The van der Waals surface area contributed by atoms with E-state index in [9.17, 15) is 9.90 Å². The maximum absolute atomic E-state index is 12.0. The van der Waals surface area contributed by atoms with Gasteiger partial charge in [-0.15, -0.1) is 22.7 Å². The number of allylic oxidation sites excluding steroid dienone is 1. The van der Waals surface area contributed by atoms with E-state index in [-0.39, 0.29) is 5.78 Å². The third kappa shape index (κ3) is 4.46. The van der Waals surface area contributed by atoms with Crippen molar-refractivity contribution in [3.63, 3.8) is 0 Å². The van der Waals surface area contributed by atoms with Gasteiger partial charge in [0, 0.05) is 4.88 Å². The van der Waals surface area contributed by atoms with Crippen molar-refractivity contribution in [2.24, 2.45) is 0 Å². The van der Waals surface area contributed by atoms with Crippen molar-refractivity contribution in [1.29, 1.82) is 0 Å². The average molecular weight is 302 g/mol. The molecule has 0 aliphatic heterocycles. The Labute approximate surface area is 126 Å². The molecule has 2 aromatic heterocycles. The Balaban J connectivity index is 2.08. The van der Waals surface area contributed by atoms with E-state index in [1.165, 1.54) is 11.3 Å². The van der Waals surface area contributed by atoms with Gasteiger partial charge in [-0.3, -0.25) is 4.79 Å². The quantitative estimate of drug-likeness (QED) is 0.531. The SMILES string of the molecule is CC(C)(O)C#Cc1ccc(C(=O)/C=C/c2cccs2)s1. The fourth-order valence-electron chi connectivity index (χ4n) is 1.38. The van der Waals surface area contributed by atoms with Gasteiger partial charge in [0.2, 0.25) is 0 Å². The monoisotopic (exact) mass is 302 g/mol. The summed E-state index contributed by atoms with van der Waals surface area (Å²) < 4.78 is 0. The van der Waals surface area contributed by atoms with E-state index in [1.54, 1.807) is 43.4 Å². The molecule has 20 heavy (non-hydrogen) atoms. The van der Waals surface area contributed by atoms with Crippen LogP contribution in [0.15, 0.2) is 35.7 Å². The first-order valence-electron chi connectivity index (χ1n) is 6.05. The fraction of sp³-hybridized carbons (Fsp3) is 0.188. The summed E-state index contributed by atoms with van der Waals surface area (Å²) in [6.07, 6.45) is 3.39. The second-order valence-corrected chi connectivity index (χ2v) is 6.75. The van der Waals surface area contributed by atoms with Crippen LogP contribution in [0.1, 0.15) is 33.3 Å². The Morgan fingerprint density at radius 1 is 1.35 bits per heavy atom. The van der Waals surface area contributed by atoms with E-state index in [2.05, 4.69) is 11.8 Å². The standard InChI is InChI=1S/C16H14O2S2/c1-16(2,18)10-9-13-6-8-15(20-13)14(17)7-5-12-4-3-11-19-12/h3-8,11,18H,1-2H3/b7-5+. The molecule has 0 amide bonds. The van der Waals surface area contributed by atoms with Crippen LogP contribution >= 0.6 is 22.7 Å². The van der Waals surface area contributed by atoms with Gasteiger partial charge in [-0.25, -0.2) is 0 Å². The first kappa shape index (κ1) is 14.7. The lowest BCUT2D eigenvalue weighted by Gasteiger charge is -2.05. The van der Waals surface area contributed by atoms with Gasteiger partial charge in [0.15, 0.2) is 5.78 Å². The van der Waals surface area contributed by atoms with Crippen LogP contribution in [-0.4, -0.2) is 16.5 Å². The number of ketones is 1. The zero-order valence-electron chi connectivity index (χ0n) is 11.2. The van der Waals surface area contributed by atoms with Crippen LogP contribution in [0, 0.1) is 11.8 Å². The summed E-state index contributed by atoms with van der Waals surface area (Å²) in [5.41, 5.74) is -1.02. The van der Waals surface area contributed by atoms with E-state index in [0.29, 0.717) is 4.88 Å². The molecule has 0 saturated carbocycles. The molecule has 0 radical (unpaired) electrons. The molecule has 2 nitrogen and oxygen atoms in total. The molecule has 2 heterocycles. The van der Waals surface area contributed by atoms with Crippen LogP contribution < -0.4 is 0 Å². The minimum atomic E-state index is -1.02. The van der Waals surface area contributed by atoms with Crippen molar-refractivity contribution >= 4 is 34.5 Å². The highest BCUT2D eigenvalue weighted by atomic mass is 32.1. The molecule has 0 spiro atoms. The van der Waals surface area contributed by atoms with Crippen molar-refractivity contribution in [1.82, 2.24) is 0 Å². The molecular formula is C16H14O2S2. The zero-order valence-corrected chi connectivity index (χ0v) is 12.8. The van der Waals surface area contributed by atoms with Gasteiger partial charge in [-0.1, -0.05) is 17.9 Å². The van der Waals surface area contributed by atoms with Crippen molar-refractivity contribution in [2.45, 2.75) is 19.4 Å². The van der Waals surface area contributed by atoms with Gasteiger partial charge < -0.3 is 5.11 Å². The third-order valence-corrected chi connectivity index (χ3v) is 4.14. The van der Waals surface area contributed by atoms with Gasteiger partial charge in [0.1, 0.15) is 5.60 Å². The highest BCUT2D eigenvalue weighted by Gasteiger charge is 2.08. The Morgan fingerprint density at radius 2 is 2.15 bits per heavy atom. The topological polar surface area (TPSA) is 37.3 Å². The lowest BCUT2D eigenvalue weighted by molar-refractivity contribution is 0.105. The Morgan fingerprint density at radius 3 is 2.80 bits per heavy atom. The fourth-order valence-corrected chi connectivity index (χ4v) is 2.78. The predicted octanol–water partition coefficient (Wildman–Crippen LogP) is 3.83. The predicted molar refractivity (Wildman–Crippen MR) is 85.2 cm³/mol. The molecule has 0 aliphatic carbocycles. The van der Waals surface area contributed by atoms with Crippen LogP contribution in [0.3, 0.4) is 0 Å². The summed E-state index contributed by atoms with van der Waals surface area (Å²) in [6.45, 7) is 3.26. The van der Waals surface area contributed by atoms with Crippen molar-refractivity contribution in [3.05, 3.63) is 50.4 Å². The molecule has 102 valence electrons. The van der Waals surface area contributed by atoms with Gasteiger partial charge >= 0.3 is 0 Å². The number of rotatable bonds is 3. The van der Waals surface area contributed by atoms with Gasteiger partial charge in [-0.05, 0) is 49.6 Å². The van der Waals surface area contributed by atoms with Crippen LogP contribution in [0.25, 0.3) is 6.08 Å². The molecule has 4 heteroatoms. The number of carbonyl (C=O) groups is 1. The van der Waals surface area contributed by atoms with E-state index in [0.717, 1.165) is 9.75 Å². The van der Waals surface area contributed by atoms with Gasteiger partial charge in [-0.2, -0.15) is 0 Å². The molecule has 0 unspecified atom stereocenters. The average Bonchev–Trinajstić information content (AvgIpc) is 3.04. The summed E-state index contributed by atoms with van der Waals surface area (Å²) >= 11 is 2.93. The normalized spacial score (nSPS) is 11.3. The highest BCUT2D eigenvalue weighted by Crippen LogP contribution is 2.18. The van der Waals surface area contributed by atoms with Crippen molar-refractivity contribution < 1.29 is 9.90 Å². The van der Waals surface area contributed by atoms with E-state index in [1.807, 2.05) is 23.6 Å². The molecule has 0 atom stereocenters. The number of hydrogen-bond acceptors (Lipinski definition) is 4. The molecule has 0 aliphatic rings. The largest absolute Gasteiger partial charge is 0.378 e. The highest BCUT2D eigenvalue weighted by molar-refractivity contribution is 7.14. The number of thiophene rings is 2. The van der Waals surface area contributed by atoms with E-state index >= 15 is 0 Å². The second-order valence-electron chi connectivity index (χ2n) is 4.69. The molecule has 0 aromatic carbocycles. The maximum Gasteiger partial charge on any atom is 0.195 e. The van der Waals surface area contributed by atoms with Crippen LogP contribution in [0.4, 0.5) is 0 Å². The minimum Gasteiger partial charge on any atom is -0.378 e. The smallest absolute Gasteiger partial charge is 0.195 e. The van der Waals surface area contributed by atoms with Crippen molar-refractivity contribution in [2.75, 3.05) is 0 Å². The summed E-state index contributed by atoms with van der Waals surface area (Å²) in [5.74, 6) is 5.58. The number of carbonyl (C=O) groups excluding carboxylic acids is 1. The molecule has 2 aromatic rings. The number of hydrogen-bond donors (Lipinski definition) is 1. The Bertz CT molecular complexity index is 674. The van der Waals surface area contributed by atoms with Crippen LogP contribution in [0.2, 0.25) is 0 Å². The van der Waals surface area contributed by atoms with Gasteiger partial charge in [0.05, 0.1) is 9.75 Å². The molecule has 1 N–H and O–H groups in total. The Hall–Kier alpha value is -1.67. The summed E-state index contributed by atoms with van der Waals surface area (Å²) in [5, 5.41) is 11.5. The molecule has 0 saturated heterocycles. The van der Waals surface area contributed by atoms with Gasteiger partial charge in [0.25, 0.3) is 0 Å². The first-order valence-corrected chi connectivity index (χ1v) is 7.75. The summed E-state index contributed by atoms with van der Waals surface area (Å²) in [4.78, 5) is 14.5. The Kier molecular flexibility index (Phi) is 4.56. The zero-order chi connectivity index (χ0) is 14.6. The van der Waals surface area contributed by atoms with Crippen molar-refractivity contribution in [3.8, 4) is 11.8 Å².